The van der Waals surface area contributed by atoms with Crippen LogP contribution in [0.25, 0.3) is 21.8 Å². The molecule has 0 amide bonds. The van der Waals surface area contributed by atoms with Crippen molar-refractivity contribution in [2.24, 2.45) is 0 Å². The number of ether oxygens (including phenoxy) is 2. The summed E-state index contributed by atoms with van der Waals surface area (Å²) in [6.07, 6.45) is 3.44. The maximum atomic E-state index is 12.7. The van der Waals surface area contributed by atoms with Gasteiger partial charge in [-0.05, 0) is 49.2 Å². The maximum Gasteiger partial charge on any atom is 0.346 e. The Labute approximate surface area is 182 Å². The van der Waals surface area contributed by atoms with E-state index in [1.165, 1.54) is 14.2 Å². The first-order chi connectivity index (χ1) is 15.6. The van der Waals surface area contributed by atoms with Gasteiger partial charge >= 0.3 is 11.3 Å². The van der Waals surface area contributed by atoms with Crippen molar-refractivity contribution in [2.75, 3.05) is 14.2 Å². The number of aromatic nitrogens is 2. The highest BCUT2D eigenvalue weighted by molar-refractivity contribution is 5.79. The molecular weight excluding hydrogens is 412 g/mol. The highest BCUT2D eigenvalue weighted by Gasteiger charge is 2.34. The first-order valence-corrected chi connectivity index (χ1v) is 10.5. The van der Waals surface area contributed by atoms with Crippen LogP contribution in [0.4, 0.5) is 0 Å². The number of fused-ring (bicyclic) bond motifs is 2. The summed E-state index contributed by atoms with van der Waals surface area (Å²) in [7, 11) is 3.08. The van der Waals surface area contributed by atoms with Gasteiger partial charge in [0.2, 0.25) is 11.8 Å². The summed E-state index contributed by atoms with van der Waals surface area (Å²) in [5.74, 6) is 1.39. The summed E-state index contributed by atoms with van der Waals surface area (Å²) in [6.45, 7) is 0. The molecule has 2 heterocycles. The van der Waals surface area contributed by atoms with Crippen molar-refractivity contribution in [3.05, 3.63) is 69.0 Å². The molecule has 8 heteroatoms. The molecule has 2 aromatic heterocycles. The predicted molar refractivity (Wildman–Crippen MR) is 118 cm³/mol. The van der Waals surface area contributed by atoms with Gasteiger partial charge in [0.15, 0.2) is 0 Å². The average molecular weight is 434 g/mol. The molecule has 1 aliphatic rings. The van der Waals surface area contributed by atoms with E-state index in [0.29, 0.717) is 45.1 Å². The number of nitrogens with zero attached hydrogens (tertiary/aromatic N) is 2. The van der Waals surface area contributed by atoms with Crippen molar-refractivity contribution in [3.63, 3.8) is 0 Å². The van der Waals surface area contributed by atoms with Gasteiger partial charge in [0.25, 0.3) is 0 Å². The molecule has 2 atom stereocenters. The van der Waals surface area contributed by atoms with E-state index in [9.17, 15) is 9.59 Å². The third kappa shape index (κ3) is 3.51. The molecule has 5 rings (SSSR count). The zero-order valence-electron chi connectivity index (χ0n) is 17.8. The van der Waals surface area contributed by atoms with Gasteiger partial charge in [-0.15, -0.1) is 0 Å². The predicted octanol–water partition coefficient (Wildman–Crippen LogP) is 4.15. The van der Waals surface area contributed by atoms with E-state index in [1.807, 2.05) is 0 Å². The minimum atomic E-state index is -0.465. The fraction of sp³-hybridized carbons (Fsp3) is 0.333. The van der Waals surface area contributed by atoms with Gasteiger partial charge < -0.3 is 18.3 Å². The topological polar surface area (TPSA) is 105 Å². The van der Waals surface area contributed by atoms with Crippen molar-refractivity contribution in [1.29, 1.82) is 0 Å². The van der Waals surface area contributed by atoms with Crippen LogP contribution in [0.2, 0.25) is 0 Å². The summed E-state index contributed by atoms with van der Waals surface area (Å²) < 4.78 is 21.7. The third-order valence-corrected chi connectivity index (χ3v) is 6.10. The van der Waals surface area contributed by atoms with E-state index in [-0.39, 0.29) is 11.8 Å². The van der Waals surface area contributed by atoms with Crippen LogP contribution in [0, 0.1) is 0 Å². The molecule has 0 spiro atoms. The molecular formula is C24H22N2O6. The molecule has 0 radical (unpaired) electrons. The zero-order valence-corrected chi connectivity index (χ0v) is 17.8. The molecule has 32 heavy (non-hydrogen) atoms. The van der Waals surface area contributed by atoms with Crippen LogP contribution in [0.1, 0.15) is 49.3 Å². The Balaban J connectivity index is 1.59. The minimum absolute atomic E-state index is 0.214. The number of rotatable bonds is 4. The maximum absolute atomic E-state index is 12.7. The second-order valence-electron chi connectivity index (χ2n) is 7.94. The monoisotopic (exact) mass is 434 g/mol. The zero-order chi connectivity index (χ0) is 22.2. The fourth-order valence-electron chi connectivity index (χ4n) is 4.43. The van der Waals surface area contributed by atoms with Crippen LogP contribution >= 0.6 is 0 Å². The first kappa shape index (κ1) is 20.2. The van der Waals surface area contributed by atoms with Gasteiger partial charge in [0, 0.05) is 11.8 Å². The van der Waals surface area contributed by atoms with Gasteiger partial charge in [-0.2, -0.15) is 0 Å². The van der Waals surface area contributed by atoms with Crippen LogP contribution < -0.4 is 20.7 Å². The number of hydrogen-bond donors (Lipinski definition) is 0. The van der Waals surface area contributed by atoms with Crippen LogP contribution in [-0.4, -0.2) is 24.2 Å². The van der Waals surface area contributed by atoms with Gasteiger partial charge in [-0.25, -0.2) is 19.6 Å². The number of benzene rings is 2. The molecule has 4 aromatic rings. The van der Waals surface area contributed by atoms with Gasteiger partial charge in [0.1, 0.15) is 11.5 Å². The first-order valence-electron chi connectivity index (χ1n) is 10.5. The van der Waals surface area contributed by atoms with E-state index in [2.05, 4.69) is 9.97 Å². The van der Waals surface area contributed by atoms with Crippen molar-refractivity contribution < 1.29 is 18.3 Å². The summed E-state index contributed by atoms with van der Waals surface area (Å²) >= 11 is 0. The number of methoxy groups -OCH3 is 2. The van der Waals surface area contributed by atoms with E-state index < -0.39 is 11.3 Å². The SMILES string of the molecule is COc1ccc2nc(C3CCCCC3c3nc4ccc(OC)cc4c(=O)o3)oc(=O)c2c1. The standard InChI is InChI=1S/C24H22N2O6/c1-29-13-7-9-19-17(11-13)23(27)31-21(25-19)15-5-3-4-6-16(15)22-26-20-10-8-14(30-2)12-18(20)24(28)32-22/h7-12,15-16H,3-6H2,1-2H3. The summed E-state index contributed by atoms with van der Waals surface area (Å²) in [5, 5.41) is 0.731. The van der Waals surface area contributed by atoms with Crippen molar-refractivity contribution in [3.8, 4) is 11.5 Å². The Morgan fingerprint density at radius 3 is 1.59 bits per heavy atom. The van der Waals surface area contributed by atoms with Gasteiger partial charge in [-0.1, -0.05) is 12.8 Å². The molecule has 0 aliphatic heterocycles. The van der Waals surface area contributed by atoms with Crippen molar-refractivity contribution in [1.82, 2.24) is 9.97 Å². The molecule has 1 aliphatic carbocycles. The third-order valence-electron chi connectivity index (χ3n) is 6.10. The van der Waals surface area contributed by atoms with E-state index in [4.69, 9.17) is 18.3 Å². The van der Waals surface area contributed by atoms with E-state index in [1.54, 1.807) is 36.4 Å². The van der Waals surface area contributed by atoms with Crippen LogP contribution in [0.3, 0.4) is 0 Å². The smallest absolute Gasteiger partial charge is 0.346 e. The molecule has 0 saturated heterocycles. The van der Waals surface area contributed by atoms with Crippen LogP contribution in [0.15, 0.2) is 54.8 Å². The summed E-state index contributed by atoms with van der Waals surface area (Å²) in [6, 6.07) is 10.2. The molecule has 164 valence electrons. The van der Waals surface area contributed by atoms with E-state index in [0.717, 1.165) is 25.7 Å². The fourth-order valence-corrected chi connectivity index (χ4v) is 4.43. The molecule has 1 fully saturated rings. The molecule has 8 nitrogen and oxygen atoms in total. The lowest BCUT2D eigenvalue weighted by molar-refractivity contribution is 0.268. The Morgan fingerprint density at radius 1 is 0.750 bits per heavy atom. The largest absolute Gasteiger partial charge is 0.497 e. The second-order valence-corrected chi connectivity index (χ2v) is 7.94. The van der Waals surface area contributed by atoms with Gasteiger partial charge in [0.05, 0.1) is 36.0 Å². The van der Waals surface area contributed by atoms with Crippen molar-refractivity contribution >= 4 is 21.8 Å². The number of hydrogen-bond acceptors (Lipinski definition) is 8. The molecule has 0 bridgehead atoms. The highest BCUT2D eigenvalue weighted by atomic mass is 16.5. The van der Waals surface area contributed by atoms with E-state index >= 15 is 0 Å². The Kier molecular flexibility index (Phi) is 5.13. The lowest BCUT2D eigenvalue weighted by atomic mass is 9.79. The Hall–Kier alpha value is -3.68. The molecule has 2 aromatic carbocycles. The minimum Gasteiger partial charge on any atom is -0.497 e. The van der Waals surface area contributed by atoms with Crippen LogP contribution in [-0.2, 0) is 0 Å². The molecule has 2 unspecified atom stereocenters. The normalized spacial score (nSPS) is 18.7. The second kappa shape index (κ2) is 8.11. The van der Waals surface area contributed by atoms with Gasteiger partial charge in [-0.3, -0.25) is 0 Å². The lowest BCUT2D eigenvalue weighted by Crippen LogP contribution is -2.21. The Morgan fingerprint density at radius 2 is 1.19 bits per heavy atom. The van der Waals surface area contributed by atoms with Crippen LogP contribution in [0.5, 0.6) is 11.5 Å². The van der Waals surface area contributed by atoms with Crippen molar-refractivity contribution in [2.45, 2.75) is 37.5 Å². The lowest BCUT2D eigenvalue weighted by Gasteiger charge is -2.28. The summed E-state index contributed by atoms with van der Waals surface area (Å²) in [5.41, 5.74) is 0.157. The summed E-state index contributed by atoms with van der Waals surface area (Å²) in [4.78, 5) is 34.6. The highest BCUT2D eigenvalue weighted by Crippen LogP contribution is 2.43. The quantitative estimate of drug-likeness (QED) is 0.472. The molecule has 0 N–H and O–H groups in total. The Bertz CT molecular complexity index is 1310. The average Bonchev–Trinajstić information content (AvgIpc) is 2.83. The molecule has 1 saturated carbocycles.